The Hall–Kier alpha value is -1.14. The van der Waals surface area contributed by atoms with Crippen LogP contribution in [0.3, 0.4) is 0 Å². The largest absolute Gasteiger partial charge is 0.389 e. The number of benzene rings is 1. The van der Waals surface area contributed by atoms with Crippen molar-refractivity contribution in [2.45, 2.75) is 6.42 Å². The molecule has 0 bridgehead atoms. The molecule has 1 aliphatic rings. The first kappa shape index (κ1) is 13.3. The van der Waals surface area contributed by atoms with Crippen LogP contribution in [-0.4, -0.2) is 30.5 Å². The summed E-state index contributed by atoms with van der Waals surface area (Å²) in [5.41, 5.74) is 7.40. The number of nitrogens with zero attached hydrogens (tertiary/aromatic N) is 1. The van der Waals surface area contributed by atoms with E-state index < -0.39 is 0 Å². The fourth-order valence-electron chi connectivity index (χ4n) is 1.93. The quantitative estimate of drug-likeness (QED) is 0.806. The normalized spacial score (nSPS) is 16.1. The van der Waals surface area contributed by atoms with Gasteiger partial charge in [-0.05, 0) is 40.5 Å². The molecule has 1 heterocycles. The zero-order valence-corrected chi connectivity index (χ0v) is 12.2. The lowest BCUT2D eigenvalue weighted by molar-refractivity contribution is -0.119. The molecule has 4 nitrogen and oxygen atoms in total. The summed E-state index contributed by atoms with van der Waals surface area (Å²) < 4.78 is 0.905. The van der Waals surface area contributed by atoms with Gasteiger partial charge in [0.15, 0.2) is 0 Å². The van der Waals surface area contributed by atoms with Crippen molar-refractivity contribution < 1.29 is 4.79 Å². The third kappa shape index (κ3) is 3.00. The first-order chi connectivity index (χ1) is 8.58. The number of carbonyl (C=O) groups is 1. The van der Waals surface area contributed by atoms with E-state index in [0.29, 0.717) is 11.5 Å². The van der Waals surface area contributed by atoms with Crippen molar-refractivity contribution in [1.82, 2.24) is 5.32 Å². The molecular formula is C12H14BrN3OS. The lowest BCUT2D eigenvalue weighted by Crippen LogP contribution is -2.33. The fourth-order valence-corrected chi connectivity index (χ4v) is 2.68. The van der Waals surface area contributed by atoms with Gasteiger partial charge in [-0.25, -0.2) is 0 Å². The maximum absolute atomic E-state index is 11.5. The smallest absolute Gasteiger partial charge is 0.239 e. The second-order valence-electron chi connectivity index (χ2n) is 4.16. The number of halogens is 1. The zero-order chi connectivity index (χ0) is 13.1. The predicted octanol–water partition coefficient (Wildman–Crippen LogP) is 1.41. The number of anilines is 1. The van der Waals surface area contributed by atoms with Crippen LogP contribution in [0.4, 0.5) is 5.69 Å². The molecule has 1 aromatic carbocycles. The van der Waals surface area contributed by atoms with E-state index in [4.69, 9.17) is 18.0 Å². The molecule has 0 aromatic heterocycles. The lowest BCUT2D eigenvalue weighted by Gasteiger charge is -2.23. The molecule has 1 aliphatic heterocycles. The Balaban J connectivity index is 2.27. The highest BCUT2D eigenvalue weighted by atomic mass is 79.9. The number of amides is 1. The topological polar surface area (TPSA) is 58.4 Å². The van der Waals surface area contributed by atoms with Gasteiger partial charge in [0, 0.05) is 23.1 Å². The summed E-state index contributed by atoms with van der Waals surface area (Å²) in [6.45, 7) is 1.96. The van der Waals surface area contributed by atoms with Crippen LogP contribution in [0.25, 0.3) is 0 Å². The van der Waals surface area contributed by atoms with Crippen LogP contribution in [0.2, 0.25) is 0 Å². The summed E-state index contributed by atoms with van der Waals surface area (Å²) in [6.07, 6.45) is 0.940. The molecule has 1 saturated heterocycles. The number of nitrogens with one attached hydrogen (secondary N) is 1. The summed E-state index contributed by atoms with van der Waals surface area (Å²) in [6, 6.07) is 5.71. The average molecular weight is 328 g/mol. The van der Waals surface area contributed by atoms with Crippen LogP contribution in [0.1, 0.15) is 12.0 Å². The van der Waals surface area contributed by atoms with E-state index in [2.05, 4.69) is 26.1 Å². The second kappa shape index (κ2) is 5.67. The Labute approximate surface area is 120 Å². The summed E-state index contributed by atoms with van der Waals surface area (Å²) >= 11 is 8.45. The van der Waals surface area contributed by atoms with Crippen LogP contribution >= 0.6 is 28.1 Å². The van der Waals surface area contributed by atoms with Crippen LogP contribution in [-0.2, 0) is 4.79 Å². The van der Waals surface area contributed by atoms with Crippen LogP contribution in [0.5, 0.6) is 0 Å². The molecule has 1 amide bonds. The predicted molar refractivity (Wildman–Crippen MR) is 79.9 cm³/mol. The average Bonchev–Trinajstić information content (AvgIpc) is 2.53. The molecule has 0 radical (unpaired) electrons. The molecule has 1 aromatic rings. The van der Waals surface area contributed by atoms with Crippen molar-refractivity contribution in [2.24, 2.45) is 5.73 Å². The lowest BCUT2D eigenvalue weighted by atomic mass is 10.2. The van der Waals surface area contributed by atoms with E-state index in [1.54, 1.807) is 0 Å². The van der Waals surface area contributed by atoms with Crippen molar-refractivity contribution in [1.29, 1.82) is 0 Å². The van der Waals surface area contributed by atoms with Gasteiger partial charge in [-0.15, -0.1) is 0 Å². The minimum atomic E-state index is 0.0535. The standard InChI is InChI=1S/C12H14BrN3OS/c13-9-6-8(12(14)18)2-3-10(9)16-5-1-4-15-11(17)7-16/h2-3,6H,1,4-5,7H2,(H2,14,18)(H,15,17). The Kier molecular flexibility index (Phi) is 4.19. The Morgan fingerprint density at radius 2 is 2.28 bits per heavy atom. The van der Waals surface area contributed by atoms with Gasteiger partial charge < -0.3 is 16.0 Å². The minimum Gasteiger partial charge on any atom is -0.389 e. The molecule has 3 N–H and O–H groups in total. The van der Waals surface area contributed by atoms with Crippen LogP contribution in [0, 0.1) is 0 Å². The van der Waals surface area contributed by atoms with E-state index in [1.165, 1.54) is 0 Å². The summed E-state index contributed by atoms with van der Waals surface area (Å²) in [5.74, 6) is 0.0535. The zero-order valence-electron chi connectivity index (χ0n) is 9.78. The van der Waals surface area contributed by atoms with Gasteiger partial charge in [-0.1, -0.05) is 12.2 Å². The van der Waals surface area contributed by atoms with Gasteiger partial charge in [0.25, 0.3) is 0 Å². The molecule has 6 heteroatoms. The van der Waals surface area contributed by atoms with Gasteiger partial charge in [0.05, 0.1) is 12.2 Å². The molecule has 2 rings (SSSR count). The van der Waals surface area contributed by atoms with Gasteiger partial charge in [0.1, 0.15) is 4.99 Å². The van der Waals surface area contributed by atoms with Gasteiger partial charge in [0.2, 0.25) is 5.91 Å². The van der Waals surface area contributed by atoms with E-state index >= 15 is 0 Å². The molecular weight excluding hydrogens is 314 g/mol. The first-order valence-corrected chi connectivity index (χ1v) is 6.89. The summed E-state index contributed by atoms with van der Waals surface area (Å²) in [7, 11) is 0. The third-order valence-corrected chi connectivity index (χ3v) is 3.71. The number of hydrogen-bond acceptors (Lipinski definition) is 3. The molecule has 0 unspecified atom stereocenters. The molecule has 18 heavy (non-hydrogen) atoms. The summed E-state index contributed by atoms with van der Waals surface area (Å²) in [4.78, 5) is 14.0. The molecule has 0 aliphatic carbocycles. The maximum Gasteiger partial charge on any atom is 0.239 e. The summed E-state index contributed by atoms with van der Waals surface area (Å²) in [5, 5.41) is 2.86. The molecule has 0 atom stereocenters. The van der Waals surface area contributed by atoms with Gasteiger partial charge in [-0.2, -0.15) is 0 Å². The number of rotatable bonds is 2. The third-order valence-electron chi connectivity index (χ3n) is 2.83. The van der Waals surface area contributed by atoms with E-state index in [-0.39, 0.29) is 5.91 Å². The van der Waals surface area contributed by atoms with Gasteiger partial charge in [-0.3, -0.25) is 4.79 Å². The van der Waals surface area contributed by atoms with E-state index in [1.807, 2.05) is 18.2 Å². The van der Waals surface area contributed by atoms with Crippen molar-refractivity contribution in [3.05, 3.63) is 28.2 Å². The highest BCUT2D eigenvalue weighted by Gasteiger charge is 2.17. The first-order valence-electron chi connectivity index (χ1n) is 5.69. The Morgan fingerprint density at radius 3 is 2.94 bits per heavy atom. The van der Waals surface area contributed by atoms with E-state index in [9.17, 15) is 4.79 Å². The Bertz CT molecular complexity index is 492. The monoisotopic (exact) mass is 327 g/mol. The highest BCUT2D eigenvalue weighted by Crippen LogP contribution is 2.27. The van der Waals surface area contributed by atoms with Crippen molar-refractivity contribution in [3.8, 4) is 0 Å². The Morgan fingerprint density at radius 1 is 1.50 bits per heavy atom. The SMILES string of the molecule is NC(=S)c1ccc(N2CCCNC(=O)C2)c(Br)c1. The van der Waals surface area contributed by atoms with E-state index in [0.717, 1.165) is 35.2 Å². The maximum atomic E-state index is 11.5. The number of nitrogens with two attached hydrogens (primary N) is 1. The fraction of sp³-hybridized carbons (Fsp3) is 0.333. The molecule has 0 spiro atoms. The highest BCUT2D eigenvalue weighted by molar-refractivity contribution is 9.10. The van der Waals surface area contributed by atoms with Crippen molar-refractivity contribution >= 4 is 44.7 Å². The molecule has 1 fully saturated rings. The molecule has 96 valence electrons. The molecule has 0 saturated carbocycles. The van der Waals surface area contributed by atoms with Crippen molar-refractivity contribution in [3.63, 3.8) is 0 Å². The van der Waals surface area contributed by atoms with Crippen LogP contribution in [0.15, 0.2) is 22.7 Å². The number of carbonyl (C=O) groups excluding carboxylic acids is 1. The number of hydrogen-bond donors (Lipinski definition) is 2. The number of thiocarbonyl (C=S) groups is 1. The second-order valence-corrected chi connectivity index (χ2v) is 5.45. The minimum absolute atomic E-state index is 0.0535. The van der Waals surface area contributed by atoms with Crippen molar-refractivity contribution in [2.75, 3.05) is 24.5 Å². The van der Waals surface area contributed by atoms with Crippen LogP contribution < -0.4 is 16.0 Å². The van der Waals surface area contributed by atoms with Gasteiger partial charge >= 0.3 is 0 Å².